The van der Waals surface area contributed by atoms with E-state index in [1.807, 2.05) is 6.07 Å². The summed E-state index contributed by atoms with van der Waals surface area (Å²) in [6.45, 7) is 1.71. The fraction of sp³-hybridized carbons (Fsp3) is 0.154. The summed E-state index contributed by atoms with van der Waals surface area (Å²) in [5.41, 5.74) is 0.628. The highest BCUT2D eigenvalue weighted by Gasteiger charge is 2.08. The molecule has 0 aliphatic carbocycles. The Morgan fingerprint density at radius 2 is 2.36 bits per heavy atom. The molecule has 0 spiro atoms. The molecule has 0 fully saturated rings. The van der Waals surface area contributed by atoms with Crippen LogP contribution < -0.4 is 10.6 Å². The van der Waals surface area contributed by atoms with Gasteiger partial charge in [0.25, 0.3) is 0 Å². The summed E-state index contributed by atoms with van der Waals surface area (Å²) in [6, 6.07) is 5.95. The van der Waals surface area contributed by atoms with Crippen molar-refractivity contribution < 1.29 is 9.18 Å². The van der Waals surface area contributed by atoms with Gasteiger partial charge in [-0.15, -0.1) is 10.2 Å². The van der Waals surface area contributed by atoms with Gasteiger partial charge < -0.3 is 10.6 Å². The number of allylic oxidation sites excluding steroid dienone is 1. The number of nitrogens with one attached hydrogen (secondary N) is 3. The van der Waals surface area contributed by atoms with Crippen LogP contribution in [0.4, 0.5) is 15.8 Å². The second-order valence-electron chi connectivity index (χ2n) is 4.15. The molecule has 0 saturated heterocycles. The van der Waals surface area contributed by atoms with Crippen molar-refractivity contribution >= 4 is 22.9 Å². The molecule has 9 heteroatoms. The number of aromatic amines is 1. The number of H-pyrrole nitrogens is 1. The number of rotatable bonds is 5. The van der Waals surface area contributed by atoms with E-state index in [1.54, 1.807) is 6.92 Å². The molecule has 1 heterocycles. The van der Waals surface area contributed by atoms with E-state index in [0.29, 0.717) is 12.1 Å². The normalized spacial score (nSPS) is 10.9. The minimum atomic E-state index is -0.531. The Kier molecular flexibility index (Phi) is 4.77. The molecule has 0 atom stereocenters. The lowest BCUT2D eigenvalue weighted by Crippen LogP contribution is -2.09. The van der Waals surface area contributed by atoms with Gasteiger partial charge in [0.1, 0.15) is 17.5 Å². The van der Waals surface area contributed by atoms with Gasteiger partial charge in [-0.3, -0.25) is 4.79 Å². The molecule has 0 unspecified atom stereocenters. The average molecular weight is 301 g/mol. The lowest BCUT2D eigenvalue weighted by molar-refractivity contribution is -0.115. The van der Waals surface area contributed by atoms with Gasteiger partial charge in [-0.25, -0.2) is 4.39 Å². The fourth-order valence-electron chi connectivity index (χ4n) is 1.54. The first-order chi connectivity index (χ1) is 10.6. The van der Waals surface area contributed by atoms with Crippen LogP contribution in [0, 0.1) is 17.1 Å². The summed E-state index contributed by atoms with van der Waals surface area (Å²) in [5, 5.41) is 27.2. The topological polar surface area (TPSA) is 119 Å². The van der Waals surface area contributed by atoms with E-state index in [-0.39, 0.29) is 23.0 Å². The Morgan fingerprint density at radius 1 is 1.55 bits per heavy atom. The average Bonchev–Trinajstić information content (AvgIpc) is 3.05. The van der Waals surface area contributed by atoms with E-state index < -0.39 is 5.82 Å². The maximum absolute atomic E-state index is 13.7. The van der Waals surface area contributed by atoms with Crippen molar-refractivity contribution in [2.24, 2.45) is 0 Å². The van der Waals surface area contributed by atoms with Gasteiger partial charge in [0, 0.05) is 18.3 Å². The highest BCUT2D eigenvalue weighted by molar-refractivity contribution is 5.91. The first kappa shape index (κ1) is 15.1. The lowest BCUT2D eigenvalue weighted by atomic mass is 10.2. The van der Waals surface area contributed by atoms with Crippen LogP contribution in [0.2, 0.25) is 0 Å². The number of carbonyl (C=O) groups is 1. The number of nitrogens with zero attached hydrogens (tertiary/aromatic N) is 4. The number of nitriles is 1. The summed E-state index contributed by atoms with van der Waals surface area (Å²) in [4.78, 5) is 11.3. The van der Waals surface area contributed by atoms with Crippen molar-refractivity contribution in [2.45, 2.75) is 13.3 Å². The number of carbonyl (C=O) groups excluding carboxylic acids is 1. The molecule has 1 aromatic heterocycles. The third-order valence-corrected chi connectivity index (χ3v) is 2.65. The van der Waals surface area contributed by atoms with E-state index in [4.69, 9.17) is 5.26 Å². The summed E-state index contributed by atoms with van der Waals surface area (Å²) >= 11 is 0. The number of anilines is 2. The number of amides is 1. The predicted molar refractivity (Wildman–Crippen MR) is 76.7 cm³/mol. The first-order valence-electron chi connectivity index (χ1n) is 6.34. The maximum Gasteiger partial charge on any atom is 0.224 e. The quantitative estimate of drug-likeness (QED) is 0.722. The number of hydrogen-bond donors (Lipinski definition) is 3. The molecule has 3 N–H and O–H groups in total. The molecular weight excluding hydrogens is 289 g/mol. The zero-order valence-corrected chi connectivity index (χ0v) is 11.6. The maximum atomic E-state index is 13.7. The van der Waals surface area contributed by atoms with Crippen molar-refractivity contribution in [2.75, 3.05) is 10.6 Å². The highest BCUT2D eigenvalue weighted by atomic mass is 19.1. The van der Waals surface area contributed by atoms with E-state index >= 15 is 0 Å². The summed E-state index contributed by atoms with van der Waals surface area (Å²) in [6.07, 6.45) is 1.57. The van der Waals surface area contributed by atoms with Gasteiger partial charge in [0.2, 0.25) is 11.7 Å². The second-order valence-corrected chi connectivity index (χ2v) is 4.15. The first-order valence-corrected chi connectivity index (χ1v) is 6.34. The van der Waals surface area contributed by atoms with Crippen molar-refractivity contribution in [3.8, 4) is 6.07 Å². The standard InChI is InChI=1S/C13H12FN7O/c1-2-12(22)17-9-3-4-10(14)11(5-9)16-7-8(6-15)13-18-20-21-19-13/h3-5,7,16H,2H2,1H3,(H,17,22)(H,18,19,20,21). The fourth-order valence-corrected chi connectivity index (χ4v) is 1.54. The Morgan fingerprint density at radius 3 is 3.00 bits per heavy atom. The van der Waals surface area contributed by atoms with Crippen LogP contribution in [0.25, 0.3) is 5.57 Å². The molecule has 112 valence electrons. The van der Waals surface area contributed by atoms with E-state index in [9.17, 15) is 9.18 Å². The minimum absolute atomic E-state index is 0.0798. The van der Waals surface area contributed by atoms with Gasteiger partial charge >= 0.3 is 0 Å². The van der Waals surface area contributed by atoms with Crippen molar-refractivity contribution in [1.29, 1.82) is 5.26 Å². The Hall–Kier alpha value is -3.28. The predicted octanol–water partition coefficient (Wildman–Crippen LogP) is 1.66. The van der Waals surface area contributed by atoms with E-state index in [0.717, 1.165) is 0 Å². The minimum Gasteiger partial charge on any atom is -0.358 e. The molecule has 1 amide bonds. The molecule has 2 rings (SSSR count). The molecule has 0 bridgehead atoms. The molecule has 8 nitrogen and oxygen atoms in total. The monoisotopic (exact) mass is 301 g/mol. The molecule has 2 aromatic rings. The van der Waals surface area contributed by atoms with E-state index in [2.05, 4.69) is 31.3 Å². The number of halogens is 1. The molecular formula is C13H12FN7O. The van der Waals surface area contributed by atoms with E-state index in [1.165, 1.54) is 24.4 Å². The Bertz CT molecular complexity index is 733. The van der Waals surface area contributed by atoms with Crippen molar-refractivity contribution in [3.63, 3.8) is 0 Å². The van der Waals surface area contributed by atoms with Crippen molar-refractivity contribution in [3.05, 3.63) is 36.0 Å². The summed E-state index contributed by atoms with van der Waals surface area (Å²) in [7, 11) is 0. The summed E-state index contributed by atoms with van der Waals surface area (Å²) < 4.78 is 13.7. The number of benzene rings is 1. The number of tetrazole rings is 1. The number of hydrogen-bond acceptors (Lipinski definition) is 6. The molecule has 0 saturated carbocycles. The molecule has 0 aliphatic heterocycles. The Labute approximate surface area is 125 Å². The number of aromatic nitrogens is 4. The lowest BCUT2D eigenvalue weighted by Gasteiger charge is -2.08. The van der Waals surface area contributed by atoms with Gasteiger partial charge in [0.05, 0.1) is 5.69 Å². The van der Waals surface area contributed by atoms with Gasteiger partial charge in [-0.05, 0) is 23.4 Å². The highest BCUT2D eigenvalue weighted by Crippen LogP contribution is 2.20. The van der Waals surface area contributed by atoms with Crippen LogP contribution in [0.3, 0.4) is 0 Å². The SMILES string of the molecule is CCC(=O)Nc1ccc(F)c(NC=C(C#N)c2nn[nH]n2)c1. The van der Waals surface area contributed by atoms with Crippen LogP contribution in [0.1, 0.15) is 19.2 Å². The Balaban J connectivity index is 2.20. The van der Waals surface area contributed by atoms with Gasteiger partial charge in [0.15, 0.2) is 0 Å². The van der Waals surface area contributed by atoms with Crippen molar-refractivity contribution in [1.82, 2.24) is 20.6 Å². The zero-order valence-electron chi connectivity index (χ0n) is 11.6. The van der Waals surface area contributed by atoms with Crippen LogP contribution in [0.5, 0.6) is 0 Å². The smallest absolute Gasteiger partial charge is 0.224 e. The van der Waals surface area contributed by atoms with Crippen LogP contribution in [0.15, 0.2) is 24.4 Å². The molecule has 0 aliphatic rings. The molecule has 0 radical (unpaired) electrons. The second kappa shape index (κ2) is 6.94. The largest absolute Gasteiger partial charge is 0.358 e. The third-order valence-electron chi connectivity index (χ3n) is 2.65. The molecule has 22 heavy (non-hydrogen) atoms. The summed E-state index contributed by atoms with van der Waals surface area (Å²) in [5.74, 6) is -0.625. The third kappa shape index (κ3) is 3.63. The van der Waals surface area contributed by atoms with Crippen LogP contribution in [-0.2, 0) is 4.79 Å². The van der Waals surface area contributed by atoms with Gasteiger partial charge in [-0.2, -0.15) is 10.5 Å². The van der Waals surface area contributed by atoms with Gasteiger partial charge in [-0.1, -0.05) is 6.92 Å². The van der Waals surface area contributed by atoms with Crippen LogP contribution >= 0.6 is 0 Å². The zero-order chi connectivity index (χ0) is 15.9. The molecule has 1 aromatic carbocycles. The van der Waals surface area contributed by atoms with Crippen LogP contribution in [-0.4, -0.2) is 26.5 Å².